The molecule has 1 aliphatic carbocycles. The number of hydrogen-bond donors (Lipinski definition) is 2. The molecular formula is C31H42N2O5S. The minimum Gasteiger partial charge on any atom is -0.480 e. The van der Waals surface area contributed by atoms with Crippen molar-refractivity contribution in [2.45, 2.75) is 90.3 Å². The molecule has 7 nitrogen and oxygen atoms in total. The van der Waals surface area contributed by atoms with Gasteiger partial charge in [-0.25, -0.2) is 4.79 Å². The van der Waals surface area contributed by atoms with Crippen LogP contribution in [0.15, 0.2) is 42.5 Å². The van der Waals surface area contributed by atoms with Gasteiger partial charge < -0.3 is 10.4 Å². The largest absolute Gasteiger partial charge is 0.480 e. The molecule has 1 saturated carbocycles. The zero-order valence-electron chi connectivity index (χ0n) is 23.6. The van der Waals surface area contributed by atoms with Gasteiger partial charge in [-0.1, -0.05) is 62.4 Å². The number of carboxylic acids is 1. The summed E-state index contributed by atoms with van der Waals surface area (Å²) in [5.41, 5.74) is 4.16. The number of carboxylic acid groups (broad SMARTS) is 1. The second-order valence-electron chi connectivity index (χ2n) is 11.4. The van der Waals surface area contributed by atoms with Crippen molar-refractivity contribution in [2.24, 2.45) is 5.92 Å². The van der Waals surface area contributed by atoms with E-state index in [2.05, 4.69) is 31.1 Å². The number of benzene rings is 2. The van der Waals surface area contributed by atoms with E-state index in [0.29, 0.717) is 5.56 Å². The number of carbonyl (C=O) groups excluding carboxylic acids is 1. The molecule has 8 heteroatoms. The average molecular weight is 555 g/mol. The molecule has 2 N–H and O–H groups in total. The second-order valence-corrected chi connectivity index (χ2v) is 12.3. The van der Waals surface area contributed by atoms with Crippen LogP contribution in [-0.4, -0.2) is 54.3 Å². The molecule has 0 bridgehead atoms. The number of nitrogens with zero attached hydrogens (tertiary/aromatic N) is 1. The first kappa shape index (κ1) is 30.6. The maximum Gasteiger partial charge on any atom is 0.326 e. The first-order valence-corrected chi connectivity index (χ1v) is 15.0. The van der Waals surface area contributed by atoms with E-state index in [1.54, 1.807) is 6.07 Å². The zero-order chi connectivity index (χ0) is 28.6. The fraction of sp³-hybridized carbons (Fsp3) is 0.516. The highest BCUT2D eigenvalue weighted by atomic mass is 32.2. The van der Waals surface area contributed by atoms with Crippen LogP contribution in [0.5, 0.6) is 0 Å². The van der Waals surface area contributed by atoms with Gasteiger partial charge in [-0.15, -0.1) is 0 Å². The molecule has 0 heterocycles. The van der Waals surface area contributed by atoms with Crippen molar-refractivity contribution in [3.8, 4) is 11.1 Å². The highest BCUT2D eigenvalue weighted by Crippen LogP contribution is 2.34. The number of carbonyl (C=O) groups is 2. The van der Waals surface area contributed by atoms with Crippen molar-refractivity contribution < 1.29 is 23.1 Å². The van der Waals surface area contributed by atoms with Crippen molar-refractivity contribution in [1.29, 1.82) is 0 Å². The van der Waals surface area contributed by atoms with Crippen LogP contribution in [0.3, 0.4) is 0 Å². The summed E-state index contributed by atoms with van der Waals surface area (Å²) in [4.78, 5) is 27.5. The van der Waals surface area contributed by atoms with Crippen LogP contribution in [0.1, 0.15) is 86.7 Å². The van der Waals surface area contributed by atoms with E-state index < -0.39 is 28.2 Å². The Hall–Kier alpha value is -2.97. The number of rotatable bonds is 12. The average Bonchev–Trinajstić information content (AvgIpc) is 2.88. The molecule has 1 fully saturated rings. The molecule has 0 spiro atoms. The molecule has 2 aromatic rings. The van der Waals surface area contributed by atoms with Crippen molar-refractivity contribution in [3.63, 3.8) is 0 Å². The first-order chi connectivity index (χ1) is 18.5. The quantitative estimate of drug-likeness (QED) is 0.337. The number of aliphatic carboxylic acids is 1. The highest BCUT2D eigenvalue weighted by Gasteiger charge is 2.29. The van der Waals surface area contributed by atoms with E-state index in [4.69, 9.17) is 0 Å². The predicted molar refractivity (Wildman–Crippen MR) is 156 cm³/mol. The molecule has 1 atom stereocenters. The second kappa shape index (κ2) is 13.9. The van der Waals surface area contributed by atoms with Gasteiger partial charge in [-0.3, -0.25) is 9.69 Å². The van der Waals surface area contributed by atoms with Gasteiger partial charge in [-0.2, -0.15) is 8.42 Å². The SMILES string of the molecule is Cc1ccccc1-c1cc(CN(C)C(C)(C)CC2CCCCC2)ccc1C(=O)N[C@@H](CCC=S(=O)=O)C(=O)O. The van der Waals surface area contributed by atoms with E-state index in [1.807, 2.05) is 43.3 Å². The Kier molecular flexibility index (Phi) is 10.9. The van der Waals surface area contributed by atoms with Crippen LogP contribution >= 0.6 is 0 Å². The van der Waals surface area contributed by atoms with Crippen molar-refractivity contribution >= 4 is 27.5 Å². The Bertz CT molecular complexity index is 1290. The number of amides is 1. The molecule has 0 aromatic heterocycles. The maximum absolute atomic E-state index is 13.4. The lowest BCUT2D eigenvalue weighted by Gasteiger charge is -2.39. The summed E-state index contributed by atoms with van der Waals surface area (Å²) in [6.45, 7) is 7.32. The topological polar surface area (TPSA) is 104 Å². The molecule has 0 radical (unpaired) electrons. The molecule has 1 aliphatic rings. The molecule has 3 rings (SSSR count). The Morgan fingerprint density at radius 3 is 2.44 bits per heavy atom. The van der Waals surface area contributed by atoms with Gasteiger partial charge >= 0.3 is 5.97 Å². The van der Waals surface area contributed by atoms with Crippen LogP contribution in [0.2, 0.25) is 0 Å². The van der Waals surface area contributed by atoms with E-state index in [-0.39, 0.29) is 18.4 Å². The summed E-state index contributed by atoms with van der Waals surface area (Å²) in [6, 6.07) is 12.4. The Balaban J connectivity index is 1.87. The molecular weight excluding hydrogens is 512 g/mol. The number of aryl methyl sites for hydroxylation is 1. The molecule has 2 aromatic carbocycles. The standard InChI is InChI=1S/C31H42N2O5S/c1-22-11-8-9-14-25(22)27-19-24(21-33(4)31(2,3)20-23-12-6-5-7-13-23)16-17-26(27)29(34)32-28(30(35)36)15-10-18-39(37)38/h8-9,11,14,16-19,23,28H,5-7,10,12-13,15,20-21H2,1-4H3,(H,32,34)(H,35,36)/t28-/m0/s1. The summed E-state index contributed by atoms with van der Waals surface area (Å²) in [5.74, 6) is -0.941. The summed E-state index contributed by atoms with van der Waals surface area (Å²) in [6.07, 6.45) is 7.78. The molecule has 39 heavy (non-hydrogen) atoms. The van der Waals surface area contributed by atoms with Gasteiger partial charge in [0, 0.05) is 23.0 Å². The minimum absolute atomic E-state index is 0.0201. The summed E-state index contributed by atoms with van der Waals surface area (Å²) < 4.78 is 21.6. The fourth-order valence-corrected chi connectivity index (χ4v) is 5.88. The van der Waals surface area contributed by atoms with Crippen LogP contribution in [0, 0.1) is 12.8 Å². The van der Waals surface area contributed by atoms with Crippen molar-refractivity contribution in [1.82, 2.24) is 10.2 Å². The lowest BCUT2D eigenvalue weighted by molar-refractivity contribution is -0.139. The smallest absolute Gasteiger partial charge is 0.326 e. The van der Waals surface area contributed by atoms with Gasteiger partial charge in [0.2, 0.25) is 10.3 Å². The van der Waals surface area contributed by atoms with E-state index in [9.17, 15) is 23.1 Å². The molecule has 0 aliphatic heterocycles. The summed E-state index contributed by atoms with van der Waals surface area (Å²) in [7, 11) is -0.224. The van der Waals surface area contributed by atoms with E-state index in [0.717, 1.165) is 46.5 Å². The zero-order valence-corrected chi connectivity index (χ0v) is 24.4. The van der Waals surface area contributed by atoms with Crippen molar-refractivity contribution in [2.75, 3.05) is 7.05 Å². The minimum atomic E-state index is -2.38. The van der Waals surface area contributed by atoms with E-state index in [1.165, 1.54) is 32.1 Å². The summed E-state index contributed by atoms with van der Waals surface area (Å²) >= 11 is 0. The lowest BCUT2D eigenvalue weighted by atomic mass is 9.80. The maximum atomic E-state index is 13.4. The Labute approximate surface area is 234 Å². The fourth-order valence-electron chi connectivity index (χ4n) is 5.55. The Morgan fingerprint density at radius 2 is 1.79 bits per heavy atom. The normalized spacial score (nSPS) is 15.1. The molecule has 0 saturated heterocycles. The summed E-state index contributed by atoms with van der Waals surface area (Å²) in [5, 5.41) is 13.2. The number of nitrogens with one attached hydrogen (secondary N) is 1. The Morgan fingerprint density at radius 1 is 1.10 bits per heavy atom. The van der Waals surface area contributed by atoms with Gasteiger partial charge in [0.15, 0.2) is 0 Å². The number of hydrogen-bond acceptors (Lipinski definition) is 5. The first-order valence-electron chi connectivity index (χ1n) is 13.8. The van der Waals surface area contributed by atoms with Crippen LogP contribution in [0.25, 0.3) is 11.1 Å². The van der Waals surface area contributed by atoms with Crippen LogP contribution in [-0.2, 0) is 21.6 Å². The van der Waals surface area contributed by atoms with Gasteiger partial charge in [-0.05, 0) is 87.4 Å². The lowest BCUT2D eigenvalue weighted by Crippen LogP contribution is -2.42. The molecule has 212 valence electrons. The third kappa shape index (κ3) is 8.77. The predicted octanol–water partition coefficient (Wildman–Crippen LogP) is 5.49. The molecule has 0 unspecified atom stereocenters. The van der Waals surface area contributed by atoms with E-state index >= 15 is 0 Å². The third-order valence-corrected chi connectivity index (χ3v) is 8.55. The van der Waals surface area contributed by atoms with Crippen molar-refractivity contribution in [3.05, 3.63) is 59.2 Å². The van der Waals surface area contributed by atoms with Gasteiger partial charge in [0.05, 0.1) is 0 Å². The monoisotopic (exact) mass is 554 g/mol. The van der Waals surface area contributed by atoms with Crippen LogP contribution in [0.4, 0.5) is 0 Å². The van der Waals surface area contributed by atoms with Gasteiger partial charge in [0.1, 0.15) is 6.04 Å². The molecule has 1 amide bonds. The third-order valence-electron chi connectivity index (χ3n) is 8.04. The highest BCUT2D eigenvalue weighted by molar-refractivity contribution is 7.71. The van der Waals surface area contributed by atoms with Crippen LogP contribution < -0.4 is 5.32 Å². The van der Waals surface area contributed by atoms with Gasteiger partial charge in [0.25, 0.3) is 5.91 Å².